The average Bonchev–Trinajstić information content (AvgIpc) is 2.76. The Bertz CT molecular complexity index is 354. The molecular formula is C14H22N2O. The third-order valence-corrected chi connectivity index (χ3v) is 3.80. The van der Waals surface area contributed by atoms with Gasteiger partial charge >= 0.3 is 0 Å². The second kappa shape index (κ2) is 5.17. The van der Waals surface area contributed by atoms with Crippen molar-refractivity contribution in [2.45, 2.75) is 31.4 Å². The van der Waals surface area contributed by atoms with Crippen molar-refractivity contribution in [3.8, 4) is 0 Å². The van der Waals surface area contributed by atoms with E-state index >= 15 is 0 Å². The van der Waals surface area contributed by atoms with Crippen LogP contribution in [0.25, 0.3) is 0 Å². The second-order valence-corrected chi connectivity index (χ2v) is 5.06. The molecule has 0 spiro atoms. The van der Waals surface area contributed by atoms with Crippen LogP contribution in [0.15, 0.2) is 30.3 Å². The standard InChI is InChI=1S/C14H22N2O/c1-12-6-5-9-16(12)11-14(17,10-15)13-7-3-2-4-8-13/h2-4,7-8,12,17H,5-6,9-11,15H2,1H3. The van der Waals surface area contributed by atoms with Gasteiger partial charge in [0.15, 0.2) is 0 Å². The van der Waals surface area contributed by atoms with E-state index in [4.69, 9.17) is 5.73 Å². The lowest BCUT2D eigenvalue weighted by molar-refractivity contribution is 0.00487. The highest BCUT2D eigenvalue weighted by molar-refractivity contribution is 5.23. The average molecular weight is 234 g/mol. The largest absolute Gasteiger partial charge is 0.382 e. The van der Waals surface area contributed by atoms with Crippen LogP contribution in [0.5, 0.6) is 0 Å². The van der Waals surface area contributed by atoms with Gasteiger partial charge < -0.3 is 10.8 Å². The maximum absolute atomic E-state index is 10.7. The highest BCUT2D eigenvalue weighted by atomic mass is 16.3. The molecule has 94 valence electrons. The fraction of sp³-hybridized carbons (Fsp3) is 0.571. The molecule has 1 aliphatic rings. The highest BCUT2D eigenvalue weighted by Gasteiger charge is 2.33. The van der Waals surface area contributed by atoms with Gasteiger partial charge in [0.2, 0.25) is 0 Å². The maximum Gasteiger partial charge on any atom is 0.114 e. The first-order chi connectivity index (χ1) is 8.15. The van der Waals surface area contributed by atoms with Crippen LogP contribution in [0, 0.1) is 0 Å². The van der Waals surface area contributed by atoms with Crippen molar-refractivity contribution in [2.24, 2.45) is 5.73 Å². The molecule has 0 saturated carbocycles. The van der Waals surface area contributed by atoms with E-state index in [1.807, 2.05) is 30.3 Å². The molecule has 1 aromatic carbocycles. The Kier molecular flexibility index (Phi) is 3.82. The normalized spacial score (nSPS) is 24.8. The topological polar surface area (TPSA) is 49.5 Å². The summed E-state index contributed by atoms with van der Waals surface area (Å²) < 4.78 is 0. The molecule has 1 saturated heterocycles. The summed E-state index contributed by atoms with van der Waals surface area (Å²) in [7, 11) is 0. The summed E-state index contributed by atoms with van der Waals surface area (Å²) in [6.45, 7) is 4.18. The van der Waals surface area contributed by atoms with Gasteiger partial charge in [-0.15, -0.1) is 0 Å². The number of likely N-dealkylation sites (tertiary alicyclic amines) is 1. The molecule has 0 bridgehead atoms. The third kappa shape index (κ3) is 2.68. The van der Waals surface area contributed by atoms with Gasteiger partial charge in [0.25, 0.3) is 0 Å². The Morgan fingerprint density at radius 2 is 2.12 bits per heavy atom. The van der Waals surface area contributed by atoms with E-state index in [-0.39, 0.29) is 6.54 Å². The van der Waals surface area contributed by atoms with Gasteiger partial charge in [-0.05, 0) is 31.9 Å². The van der Waals surface area contributed by atoms with Gasteiger partial charge in [0.1, 0.15) is 5.60 Å². The first-order valence-corrected chi connectivity index (χ1v) is 6.38. The van der Waals surface area contributed by atoms with Crippen LogP contribution < -0.4 is 5.73 Å². The molecule has 3 nitrogen and oxygen atoms in total. The van der Waals surface area contributed by atoms with Gasteiger partial charge in [-0.25, -0.2) is 0 Å². The van der Waals surface area contributed by atoms with Crippen molar-refractivity contribution in [2.75, 3.05) is 19.6 Å². The SMILES string of the molecule is CC1CCCN1CC(O)(CN)c1ccccc1. The number of aliphatic hydroxyl groups is 1. The van der Waals surface area contributed by atoms with Crippen molar-refractivity contribution in [1.82, 2.24) is 4.90 Å². The Labute approximate surface area is 103 Å². The first kappa shape index (κ1) is 12.6. The molecule has 17 heavy (non-hydrogen) atoms. The van der Waals surface area contributed by atoms with Crippen LogP contribution in [-0.2, 0) is 5.60 Å². The summed E-state index contributed by atoms with van der Waals surface area (Å²) in [5.41, 5.74) is 5.79. The molecule has 1 heterocycles. The molecule has 2 atom stereocenters. The van der Waals surface area contributed by atoms with E-state index in [0.717, 1.165) is 12.1 Å². The van der Waals surface area contributed by atoms with Crippen LogP contribution in [-0.4, -0.2) is 35.7 Å². The van der Waals surface area contributed by atoms with Gasteiger partial charge in [-0.3, -0.25) is 4.90 Å². The van der Waals surface area contributed by atoms with E-state index < -0.39 is 5.60 Å². The van der Waals surface area contributed by atoms with E-state index in [0.29, 0.717) is 12.6 Å². The van der Waals surface area contributed by atoms with E-state index in [9.17, 15) is 5.11 Å². The first-order valence-electron chi connectivity index (χ1n) is 6.38. The summed E-state index contributed by atoms with van der Waals surface area (Å²) in [6, 6.07) is 10.3. The minimum atomic E-state index is -0.917. The number of benzene rings is 1. The predicted octanol–water partition coefficient (Wildman–Crippen LogP) is 1.32. The Balaban J connectivity index is 2.14. The zero-order valence-electron chi connectivity index (χ0n) is 10.5. The molecule has 3 N–H and O–H groups in total. The summed E-state index contributed by atoms with van der Waals surface area (Å²) in [6.07, 6.45) is 2.44. The lowest BCUT2D eigenvalue weighted by Crippen LogP contribution is -2.47. The fourth-order valence-electron chi connectivity index (χ4n) is 2.59. The fourth-order valence-corrected chi connectivity index (χ4v) is 2.59. The van der Waals surface area contributed by atoms with Crippen LogP contribution in [0.1, 0.15) is 25.3 Å². The molecule has 3 heteroatoms. The molecular weight excluding hydrogens is 212 g/mol. The minimum absolute atomic E-state index is 0.264. The van der Waals surface area contributed by atoms with Crippen molar-refractivity contribution >= 4 is 0 Å². The maximum atomic E-state index is 10.7. The van der Waals surface area contributed by atoms with Gasteiger partial charge in [-0.1, -0.05) is 30.3 Å². The number of nitrogens with zero attached hydrogens (tertiary/aromatic N) is 1. The van der Waals surface area contributed by atoms with Crippen molar-refractivity contribution in [3.05, 3.63) is 35.9 Å². The van der Waals surface area contributed by atoms with Crippen molar-refractivity contribution in [1.29, 1.82) is 0 Å². The van der Waals surface area contributed by atoms with Gasteiger partial charge in [0.05, 0.1) is 0 Å². The molecule has 0 radical (unpaired) electrons. The molecule has 0 aliphatic carbocycles. The zero-order valence-corrected chi connectivity index (χ0v) is 10.5. The highest BCUT2D eigenvalue weighted by Crippen LogP contribution is 2.25. The van der Waals surface area contributed by atoms with E-state index in [2.05, 4.69) is 11.8 Å². The molecule has 1 fully saturated rings. The second-order valence-electron chi connectivity index (χ2n) is 5.06. The Morgan fingerprint density at radius 3 is 2.65 bits per heavy atom. The number of nitrogens with two attached hydrogens (primary N) is 1. The van der Waals surface area contributed by atoms with Crippen LogP contribution >= 0.6 is 0 Å². The lowest BCUT2D eigenvalue weighted by atomic mass is 9.93. The van der Waals surface area contributed by atoms with Crippen LogP contribution in [0.2, 0.25) is 0 Å². The number of hydrogen-bond acceptors (Lipinski definition) is 3. The molecule has 1 aliphatic heterocycles. The summed E-state index contributed by atoms with van der Waals surface area (Å²) in [5.74, 6) is 0. The molecule has 1 aromatic rings. The third-order valence-electron chi connectivity index (χ3n) is 3.80. The van der Waals surface area contributed by atoms with Crippen LogP contribution in [0.3, 0.4) is 0 Å². The zero-order chi connectivity index (χ0) is 12.3. The summed E-state index contributed by atoms with van der Waals surface area (Å²) in [4.78, 5) is 2.33. The van der Waals surface area contributed by atoms with Crippen molar-refractivity contribution in [3.63, 3.8) is 0 Å². The van der Waals surface area contributed by atoms with Gasteiger partial charge in [-0.2, -0.15) is 0 Å². The number of rotatable bonds is 4. The van der Waals surface area contributed by atoms with E-state index in [1.165, 1.54) is 12.8 Å². The number of β-amino-alcohol motifs (C(OH)–C–C–N with tert-alkyl or cyclic N) is 1. The predicted molar refractivity (Wildman–Crippen MR) is 69.7 cm³/mol. The van der Waals surface area contributed by atoms with E-state index in [1.54, 1.807) is 0 Å². The lowest BCUT2D eigenvalue weighted by Gasteiger charge is -2.33. The van der Waals surface area contributed by atoms with Gasteiger partial charge in [0, 0.05) is 19.1 Å². The Morgan fingerprint density at radius 1 is 1.41 bits per heavy atom. The minimum Gasteiger partial charge on any atom is -0.382 e. The summed E-state index contributed by atoms with van der Waals surface area (Å²) in [5, 5.41) is 10.7. The molecule has 2 rings (SSSR count). The molecule has 0 aromatic heterocycles. The van der Waals surface area contributed by atoms with Crippen LogP contribution in [0.4, 0.5) is 0 Å². The molecule has 0 amide bonds. The number of hydrogen-bond donors (Lipinski definition) is 2. The monoisotopic (exact) mass is 234 g/mol. The Hall–Kier alpha value is -0.900. The smallest absolute Gasteiger partial charge is 0.114 e. The van der Waals surface area contributed by atoms with Crippen molar-refractivity contribution < 1.29 is 5.11 Å². The summed E-state index contributed by atoms with van der Waals surface area (Å²) >= 11 is 0. The molecule has 2 unspecified atom stereocenters. The quantitative estimate of drug-likeness (QED) is 0.826.